The molecule has 4 nitrogen and oxygen atoms in total. The van der Waals surface area contributed by atoms with Crippen LogP contribution >= 0.6 is 11.6 Å². The van der Waals surface area contributed by atoms with E-state index in [9.17, 15) is 4.79 Å². The van der Waals surface area contributed by atoms with Crippen molar-refractivity contribution >= 4 is 17.5 Å². The maximum Gasteiger partial charge on any atom is 0.263 e. The minimum atomic E-state index is -0.343. The molecular formula is C10H14ClN3O. The average molecular weight is 228 g/mol. The van der Waals surface area contributed by atoms with E-state index in [2.05, 4.69) is 5.32 Å². The van der Waals surface area contributed by atoms with Crippen LogP contribution in [0.25, 0.3) is 0 Å². The normalized spacial score (nSPS) is 16.3. The van der Waals surface area contributed by atoms with Crippen molar-refractivity contribution in [2.24, 2.45) is 0 Å². The SMILES string of the molecule is N#C/C(=C/N1CCCC1)C(=O)NCCCl. The molecule has 0 aromatic carbocycles. The van der Waals surface area contributed by atoms with E-state index < -0.39 is 0 Å². The smallest absolute Gasteiger partial charge is 0.263 e. The molecule has 0 aliphatic carbocycles. The number of amides is 1. The van der Waals surface area contributed by atoms with E-state index in [1.54, 1.807) is 6.20 Å². The summed E-state index contributed by atoms with van der Waals surface area (Å²) < 4.78 is 0. The van der Waals surface area contributed by atoms with Crippen LogP contribution in [0.2, 0.25) is 0 Å². The number of nitrogens with zero attached hydrogens (tertiary/aromatic N) is 2. The lowest BCUT2D eigenvalue weighted by Gasteiger charge is -2.11. The molecule has 0 aromatic heterocycles. The molecule has 1 amide bonds. The van der Waals surface area contributed by atoms with Gasteiger partial charge in [-0.3, -0.25) is 4.79 Å². The largest absolute Gasteiger partial charge is 0.376 e. The number of nitrogens with one attached hydrogen (secondary N) is 1. The molecule has 1 rings (SSSR count). The second kappa shape index (κ2) is 6.31. The van der Waals surface area contributed by atoms with Gasteiger partial charge in [0.15, 0.2) is 0 Å². The summed E-state index contributed by atoms with van der Waals surface area (Å²) in [5.41, 5.74) is 0.155. The first-order chi connectivity index (χ1) is 7.27. The van der Waals surface area contributed by atoms with Gasteiger partial charge in [-0.25, -0.2) is 0 Å². The minimum absolute atomic E-state index is 0.155. The molecule has 0 atom stereocenters. The lowest BCUT2D eigenvalue weighted by molar-refractivity contribution is -0.117. The molecule has 1 heterocycles. The number of hydrogen-bond donors (Lipinski definition) is 1. The van der Waals surface area contributed by atoms with Gasteiger partial charge in [0.2, 0.25) is 0 Å². The average Bonchev–Trinajstić information content (AvgIpc) is 2.75. The topological polar surface area (TPSA) is 56.1 Å². The van der Waals surface area contributed by atoms with Crippen LogP contribution in [0.3, 0.4) is 0 Å². The Balaban J connectivity index is 2.53. The number of nitriles is 1. The van der Waals surface area contributed by atoms with Crippen molar-refractivity contribution in [3.05, 3.63) is 11.8 Å². The number of rotatable bonds is 4. The Hall–Kier alpha value is -1.21. The van der Waals surface area contributed by atoms with Gasteiger partial charge in [-0.15, -0.1) is 11.6 Å². The quantitative estimate of drug-likeness (QED) is 0.440. The van der Waals surface area contributed by atoms with Gasteiger partial charge in [0.05, 0.1) is 0 Å². The number of likely N-dealkylation sites (tertiary alicyclic amines) is 1. The van der Waals surface area contributed by atoms with E-state index in [4.69, 9.17) is 16.9 Å². The third kappa shape index (κ3) is 3.80. The van der Waals surface area contributed by atoms with E-state index >= 15 is 0 Å². The van der Waals surface area contributed by atoms with Crippen LogP contribution in [0, 0.1) is 11.3 Å². The van der Waals surface area contributed by atoms with E-state index in [-0.39, 0.29) is 11.5 Å². The van der Waals surface area contributed by atoms with Crippen molar-refractivity contribution in [2.75, 3.05) is 25.5 Å². The van der Waals surface area contributed by atoms with Crippen molar-refractivity contribution in [1.82, 2.24) is 10.2 Å². The maximum absolute atomic E-state index is 11.4. The van der Waals surface area contributed by atoms with Gasteiger partial charge >= 0.3 is 0 Å². The van der Waals surface area contributed by atoms with Crippen LogP contribution in [0.5, 0.6) is 0 Å². The summed E-state index contributed by atoms with van der Waals surface area (Å²) in [6.45, 7) is 2.24. The monoisotopic (exact) mass is 227 g/mol. The summed E-state index contributed by atoms with van der Waals surface area (Å²) in [6, 6.07) is 1.90. The van der Waals surface area contributed by atoms with Gasteiger partial charge < -0.3 is 10.2 Å². The van der Waals surface area contributed by atoms with Crippen LogP contribution < -0.4 is 5.32 Å². The molecule has 0 unspecified atom stereocenters. The molecule has 1 N–H and O–H groups in total. The summed E-state index contributed by atoms with van der Waals surface area (Å²) in [5, 5.41) is 11.4. The molecule has 82 valence electrons. The third-order valence-corrected chi connectivity index (χ3v) is 2.39. The van der Waals surface area contributed by atoms with Gasteiger partial charge in [0, 0.05) is 31.7 Å². The number of carbonyl (C=O) groups excluding carboxylic acids is 1. The number of alkyl halides is 1. The second-order valence-corrected chi connectivity index (χ2v) is 3.72. The molecule has 1 aliphatic heterocycles. The molecule has 0 bridgehead atoms. The minimum Gasteiger partial charge on any atom is -0.376 e. The predicted molar refractivity (Wildman–Crippen MR) is 58.2 cm³/mol. The standard InChI is InChI=1S/C10H14ClN3O/c11-3-4-13-10(15)9(7-12)8-14-5-1-2-6-14/h8H,1-6H2,(H,13,15)/b9-8-. The van der Waals surface area contributed by atoms with E-state index in [1.165, 1.54) is 0 Å². The Labute approximate surface area is 94.5 Å². The van der Waals surface area contributed by atoms with Crippen LogP contribution in [0.1, 0.15) is 12.8 Å². The predicted octanol–water partition coefficient (Wildman–Crippen LogP) is 0.845. The first kappa shape index (κ1) is 11.9. The van der Waals surface area contributed by atoms with E-state index in [0.29, 0.717) is 12.4 Å². The molecule has 1 saturated heterocycles. The Morgan fingerprint density at radius 2 is 2.20 bits per heavy atom. The van der Waals surface area contributed by atoms with Crippen molar-refractivity contribution in [2.45, 2.75) is 12.8 Å². The lowest BCUT2D eigenvalue weighted by atomic mass is 10.3. The molecule has 1 aliphatic rings. The third-order valence-electron chi connectivity index (χ3n) is 2.20. The Bertz CT molecular complexity index is 290. The van der Waals surface area contributed by atoms with Gasteiger partial charge in [-0.05, 0) is 12.8 Å². The second-order valence-electron chi connectivity index (χ2n) is 3.34. The highest BCUT2D eigenvalue weighted by Gasteiger charge is 2.13. The van der Waals surface area contributed by atoms with Crippen molar-refractivity contribution < 1.29 is 4.79 Å². The van der Waals surface area contributed by atoms with Gasteiger partial charge in [0.25, 0.3) is 5.91 Å². The number of hydrogen-bond acceptors (Lipinski definition) is 3. The highest BCUT2D eigenvalue weighted by atomic mass is 35.5. The zero-order valence-electron chi connectivity index (χ0n) is 8.50. The molecule has 0 radical (unpaired) electrons. The Kier molecular flexibility index (Phi) is 4.99. The molecule has 15 heavy (non-hydrogen) atoms. The molecule has 0 saturated carbocycles. The fourth-order valence-electron chi connectivity index (χ4n) is 1.45. The van der Waals surface area contributed by atoms with Crippen LogP contribution in [0.4, 0.5) is 0 Å². The van der Waals surface area contributed by atoms with Crippen molar-refractivity contribution in [1.29, 1.82) is 5.26 Å². The summed E-state index contributed by atoms with van der Waals surface area (Å²) in [7, 11) is 0. The van der Waals surface area contributed by atoms with Crippen molar-refractivity contribution in [3.8, 4) is 6.07 Å². The summed E-state index contributed by atoms with van der Waals surface area (Å²) in [4.78, 5) is 13.4. The maximum atomic E-state index is 11.4. The van der Waals surface area contributed by atoms with Gasteiger partial charge in [-0.1, -0.05) is 0 Å². The van der Waals surface area contributed by atoms with Crippen LogP contribution in [-0.4, -0.2) is 36.3 Å². The van der Waals surface area contributed by atoms with Gasteiger partial charge in [-0.2, -0.15) is 5.26 Å². The summed E-state index contributed by atoms with van der Waals surface area (Å²) in [6.07, 6.45) is 3.88. The number of halogens is 1. The highest BCUT2D eigenvalue weighted by molar-refractivity contribution is 6.18. The van der Waals surface area contributed by atoms with Gasteiger partial charge in [0.1, 0.15) is 11.6 Å². The molecule has 1 fully saturated rings. The number of carbonyl (C=O) groups is 1. The lowest BCUT2D eigenvalue weighted by Crippen LogP contribution is -2.27. The Morgan fingerprint density at radius 1 is 1.53 bits per heavy atom. The van der Waals surface area contributed by atoms with Crippen molar-refractivity contribution in [3.63, 3.8) is 0 Å². The fourth-order valence-corrected chi connectivity index (χ4v) is 1.54. The first-order valence-electron chi connectivity index (χ1n) is 4.98. The fraction of sp³-hybridized carbons (Fsp3) is 0.600. The molecular weight excluding hydrogens is 214 g/mol. The Morgan fingerprint density at radius 3 is 2.73 bits per heavy atom. The molecule has 5 heteroatoms. The summed E-state index contributed by atoms with van der Waals surface area (Å²) in [5.74, 6) is 0.0128. The molecule has 0 aromatic rings. The zero-order valence-corrected chi connectivity index (χ0v) is 9.26. The van der Waals surface area contributed by atoms with E-state index in [0.717, 1.165) is 25.9 Å². The van der Waals surface area contributed by atoms with Crippen LogP contribution in [-0.2, 0) is 4.79 Å². The van der Waals surface area contributed by atoms with E-state index in [1.807, 2.05) is 11.0 Å². The molecule has 0 spiro atoms. The first-order valence-corrected chi connectivity index (χ1v) is 5.51. The summed E-state index contributed by atoms with van der Waals surface area (Å²) >= 11 is 5.44. The van der Waals surface area contributed by atoms with Crippen LogP contribution in [0.15, 0.2) is 11.8 Å². The zero-order chi connectivity index (χ0) is 11.1. The highest BCUT2D eigenvalue weighted by Crippen LogP contribution is 2.09.